The van der Waals surface area contributed by atoms with Crippen molar-refractivity contribution in [3.63, 3.8) is 0 Å². The van der Waals surface area contributed by atoms with Gasteiger partial charge >= 0.3 is 0 Å². The van der Waals surface area contributed by atoms with E-state index in [9.17, 15) is 9.59 Å². The molecule has 5 heteroatoms. The molecule has 0 saturated carbocycles. The van der Waals surface area contributed by atoms with Gasteiger partial charge < -0.3 is 14.6 Å². The zero-order valence-corrected chi connectivity index (χ0v) is 15.2. The molecule has 2 aromatic carbocycles. The van der Waals surface area contributed by atoms with Gasteiger partial charge in [0.25, 0.3) is 5.91 Å². The fourth-order valence-electron chi connectivity index (χ4n) is 2.75. The van der Waals surface area contributed by atoms with Crippen LogP contribution < -0.4 is 5.32 Å². The fourth-order valence-corrected chi connectivity index (χ4v) is 2.75. The van der Waals surface area contributed by atoms with E-state index in [1.165, 1.54) is 4.90 Å². The Labute approximate surface area is 158 Å². The van der Waals surface area contributed by atoms with Gasteiger partial charge in [0.2, 0.25) is 5.91 Å². The van der Waals surface area contributed by atoms with E-state index in [4.69, 9.17) is 4.42 Å². The van der Waals surface area contributed by atoms with Crippen LogP contribution >= 0.6 is 0 Å². The summed E-state index contributed by atoms with van der Waals surface area (Å²) in [5.74, 6) is 0.157. The molecule has 0 saturated heterocycles. The van der Waals surface area contributed by atoms with Crippen molar-refractivity contribution in [2.75, 3.05) is 11.9 Å². The predicted octanol–water partition coefficient (Wildman–Crippen LogP) is 4.12. The third-order valence-corrected chi connectivity index (χ3v) is 4.22. The molecule has 1 aromatic heterocycles. The molecule has 0 spiro atoms. The molecule has 1 N–H and O–H groups in total. The molecule has 138 valence electrons. The Morgan fingerprint density at radius 3 is 2.33 bits per heavy atom. The zero-order valence-electron chi connectivity index (χ0n) is 15.2. The number of hydrogen-bond donors (Lipinski definition) is 1. The van der Waals surface area contributed by atoms with E-state index in [0.717, 1.165) is 12.0 Å². The van der Waals surface area contributed by atoms with Gasteiger partial charge in [0.15, 0.2) is 0 Å². The van der Waals surface area contributed by atoms with Crippen LogP contribution in [0.5, 0.6) is 0 Å². The van der Waals surface area contributed by atoms with Gasteiger partial charge in [0, 0.05) is 11.3 Å². The lowest BCUT2D eigenvalue weighted by atomic mass is 10.1. The van der Waals surface area contributed by atoms with Crippen LogP contribution in [0.3, 0.4) is 0 Å². The first kappa shape index (κ1) is 18.5. The minimum atomic E-state index is -0.258. The van der Waals surface area contributed by atoms with E-state index in [1.807, 2.05) is 30.3 Å². The Bertz CT molecular complexity index is 872. The van der Waals surface area contributed by atoms with Gasteiger partial charge in [-0.1, -0.05) is 37.3 Å². The number of rotatable bonds is 7. The molecule has 0 aliphatic heterocycles. The van der Waals surface area contributed by atoms with Crippen LogP contribution in [0.15, 0.2) is 77.4 Å². The Hall–Kier alpha value is -3.34. The molecule has 0 bridgehead atoms. The van der Waals surface area contributed by atoms with Crippen LogP contribution in [0, 0.1) is 0 Å². The van der Waals surface area contributed by atoms with Crippen molar-refractivity contribution in [3.8, 4) is 0 Å². The number of carbonyl (C=O) groups excluding carboxylic acids is 2. The Morgan fingerprint density at radius 2 is 1.70 bits per heavy atom. The van der Waals surface area contributed by atoms with Crippen LogP contribution in [0.4, 0.5) is 5.69 Å². The first-order valence-corrected chi connectivity index (χ1v) is 8.91. The van der Waals surface area contributed by atoms with Crippen LogP contribution in [0.1, 0.15) is 28.6 Å². The first-order valence-electron chi connectivity index (χ1n) is 8.91. The summed E-state index contributed by atoms with van der Waals surface area (Å²) in [6.07, 6.45) is 2.46. The summed E-state index contributed by atoms with van der Waals surface area (Å²) in [5, 5.41) is 2.81. The summed E-state index contributed by atoms with van der Waals surface area (Å²) >= 11 is 0. The fraction of sp³-hybridized carbons (Fsp3) is 0.182. The van der Waals surface area contributed by atoms with Gasteiger partial charge in [-0.15, -0.1) is 0 Å². The average Bonchev–Trinajstić information content (AvgIpc) is 3.21. The van der Waals surface area contributed by atoms with E-state index in [0.29, 0.717) is 17.0 Å². The summed E-state index contributed by atoms with van der Waals surface area (Å²) in [6, 6.07) is 20.2. The molecule has 0 aliphatic rings. The van der Waals surface area contributed by atoms with Crippen molar-refractivity contribution in [3.05, 3.63) is 89.9 Å². The predicted molar refractivity (Wildman–Crippen MR) is 104 cm³/mol. The number of carbonyl (C=O) groups is 2. The number of hydrogen-bond acceptors (Lipinski definition) is 3. The van der Waals surface area contributed by atoms with E-state index < -0.39 is 0 Å². The maximum Gasteiger partial charge on any atom is 0.254 e. The number of furan rings is 1. The topological polar surface area (TPSA) is 62.6 Å². The molecule has 3 rings (SSSR count). The zero-order chi connectivity index (χ0) is 19.1. The minimum Gasteiger partial charge on any atom is -0.467 e. The third-order valence-electron chi connectivity index (χ3n) is 4.22. The lowest BCUT2D eigenvalue weighted by Gasteiger charge is -2.21. The lowest BCUT2D eigenvalue weighted by Crippen LogP contribution is -2.37. The van der Waals surface area contributed by atoms with Crippen molar-refractivity contribution in [1.82, 2.24) is 4.90 Å². The summed E-state index contributed by atoms with van der Waals surface area (Å²) < 4.78 is 5.36. The van der Waals surface area contributed by atoms with E-state index in [2.05, 4.69) is 12.2 Å². The number of amides is 2. The molecule has 5 nitrogen and oxygen atoms in total. The largest absolute Gasteiger partial charge is 0.467 e. The van der Waals surface area contributed by atoms with Crippen LogP contribution in [0.25, 0.3) is 0 Å². The highest BCUT2D eigenvalue weighted by atomic mass is 16.3. The molecule has 1 heterocycles. The summed E-state index contributed by atoms with van der Waals surface area (Å²) in [5.41, 5.74) is 2.40. The van der Waals surface area contributed by atoms with Gasteiger partial charge in [-0.2, -0.15) is 0 Å². The van der Waals surface area contributed by atoms with Crippen molar-refractivity contribution in [2.45, 2.75) is 19.9 Å². The van der Waals surface area contributed by atoms with Gasteiger partial charge in [0.1, 0.15) is 12.3 Å². The van der Waals surface area contributed by atoms with E-state index in [-0.39, 0.29) is 24.9 Å². The number of nitrogens with one attached hydrogen (secondary N) is 1. The van der Waals surface area contributed by atoms with Crippen LogP contribution in [-0.2, 0) is 17.8 Å². The number of nitrogens with zero attached hydrogens (tertiary/aromatic N) is 1. The molecule has 2 amide bonds. The number of anilines is 1. The molecule has 0 radical (unpaired) electrons. The average molecular weight is 362 g/mol. The molecule has 27 heavy (non-hydrogen) atoms. The lowest BCUT2D eigenvalue weighted by molar-refractivity contribution is -0.117. The monoisotopic (exact) mass is 362 g/mol. The van der Waals surface area contributed by atoms with Crippen molar-refractivity contribution < 1.29 is 14.0 Å². The minimum absolute atomic E-state index is 0.0655. The van der Waals surface area contributed by atoms with Gasteiger partial charge in [-0.05, 0) is 48.4 Å². The molecular formula is C22H22N2O3. The van der Waals surface area contributed by atoms with Gasteiger partial charge in [-0.3, -0.25) is 9.59 Å². The Morgan fingerprint density at radius 1 is 0.963 bits per heavy atom. The molecule has 0 fully saturated rings. The second-order valence-corrected chi connectivity index (χ2v) is 6.21. The second-order valence-electron chi connectivity index (χ2n) is 6.21. The maximum atomic E-state index is 13.0. The van der Waals surface area contributed by atoms with Gasteiger partial charge in [0.05, 0.1) is 12.8 Å². The van der Waals surface area contributed by atoms with Crippen molar-refractivity contribution >= 4 is 17.5 Å². The maximum absolute atomic E-state index is 13.0. The standard InChI is InChI=1S/C22H22N2O3/c1-2-17-10-12-18(13-11-17)22(26)24(15-20-9-6-14-27-20)16-21(25)23-19-7-4-3-5-8-19/h3-14H,2,15-16H2,1H3,(H,23,25). The molecule has 3 aromatic rings. The smallest absolute Gasteiger partial charge is 0.254 e. The SMILES string of the molecule is CCc1ccc(C(=O)N(CC(=O)Nc2ccccc2)Cc2ccco2)cc1. The highest BCUT2D eigenvalue weighted by Crippen LogP contribution is 2.13. The highest BCUT2D eigenvalue weighted by Gasteiger charge is 2.20. The molecule has 0 atom stereocenters. The molecular weight excluding hydrogens is 340 g/mol. The Kier molecular flexibility index (Phi) is 6.05. The Balaban J connectivity index is 1.75. The highest BCUT2D eigenvalue weighted by molar-refractivity contribution is 5.99. The summed E-state index contributed by atoms with van der Waals surface area (Å²) in [7, 11) is 0. The second kappa shape index (κ2) is 8.85. The number of aryl methyl sites for hydroxylation is 1. The van der Waals surface area contributed by atoms with Crippen LogP contribution in [-0.4, -0.2) is 23.3 Å². The summed E-state index contributed by atoms with van der Waals surface area (Å²) in [4.78, 5) is 26.9. The summed E-state index contributed by atoms with van der Waals surface area (Å²) in [6.45, 7) is 2.22. The van der Waals surface area contributed by atoms with Crippen LogP contribution in [0.2, 0.25) is 0 Å². The number of benzene rings is 2. The van der Waals surface area contributed by atoms with E-state index in [1.54, 1.807) is 42.7 Å². The third kappa shape index (κ3) is 5.07. The normalized spacial score (nSPS) is 10.4. The molecule has 0 aliphatic carbocycles. The molecule has 0 unspecified atom stereocenters. The van der Waals surface area contributed by atoms with Crippen molar-refractivity contribution in [2.24, 2.45) is 0 Å². The van der Waals surface area contributed by atoms with Crippen molar-refractivity contribution in [1.29, 1.82) is 0 Å². The quantitative estimate of drug-likeness (QED) is 0.688. The van der Waals surface area contributed by atoms with Gasteiger partial charge in [-0.25, -0.2) is 0 Å². The first-order chi connectivity index (χ1) is 13.2. The number of para-hydroxylation sites is 1. The van der Waals surface area contributed by atoms with E-state index >= 15 is 0 Å².